The number of sulfone groups is 1. The van der Waals surface area contributed by atoms with Crippen molar-refractivity contribution >= 4 is 39.8 Å². The molecule has 0 saturated heterocycles. The molecule has 0 saturated carbocycles. The van der Waals surface area contributed by atoms with Crippen LogP contribution in [0.2, 0.25) is 0 Å². The van der Waals surface area contributed by atoms with Crippen molar-refractivity contribution in [3.63, 3.8) is 0 Å². The highest BCUT2D eigenvalue weighted by Crippen LogP contribution is 2.18. The van der Waals surface area contributed by atoms with E-state index >= 15 is 0 Å². The summed E-state index contributed by atoms with van der Waals surface area (Å²) in [5, 5.41) is 6.55. The number of aryl methyl sites for hydroxylation is 1. The average molecular weight is 577 g/mol. The molecular weight excluding hydrogens is 542 g/mol. The molecule has 0 radical (unpaired) electrons. The van der Waals surface area contributed by atoms with Gasteiger partial charge in [-0.15, -0.1) is 24.0 Å². The van der Waals surface area contributed by atoms with Gasteiger partial charge in [-0.1, -0.05) is 35.9 Å². The summed E-state index contributed by atoms with van der Waals surface area (Å²) in [5.74, 6) is 0.0431. The highest BCUT2D eigenvalue weighted by atomic mass is 127. The molecule has 0 spiro atoms. The smallest absolute Gasteiger partial charge is 0.191 e. The predicted octanol–water partition coefficient (Wildman–Crippen LogP) is 3.65. The second-order valence-electron chi connectivity index (χ2n) is 7.95. The molecule has 6 nitrogen and oxygen atoms in total. The van der Waals surface area contributed by atoms with Crippen LogP contribution in [0.4, 0.5) is 4.39 Å². The number of benzene rings is 2. The topological polar surface area (TPSA) is 73.8 Å². The minimum atomic E-state index is -3.23. The Hall–Kier alpha value is -1.72. The number of aliphatic imine (C=N–C) groups is 1. The van der Waals surface area contributed by atoms with Crippen LogP contribution in [-0.4, -0.2) is 52.7 Å². The van der Waals surface area contributed by atoms with Gasteiger partial charge < -0.3 is 15.5 Å². The maximum absolute atomic E-state index is 13.8. The minimum absolute atomic E-state index is 0. The van der Waals surface area contributed by atoms with Crippen molar-refractivity contribution in [1.82, 2.24) is 15.5 Å². The summed E-state index contributed by atoms with van der Waals surface area (Å²) in [5.41, 5.74) is 3.53. The first-order valence-electron chi connectivity index (χ1n) is 10.3. The third-order valence-corrected chi connectivity index (χ3v) is 5.72. The number of guanidine groups is 1. The average Bonchev–Trinajstić information content (AvgIpc) is 2.68. The van der Waals surface area contributed by atoms with E-state index in [9.17, 15) is 12.8 Å². The van der Waals surface area contributed by atoms with Crippen molar-refractivity contribution in [2.75, 3.05) is 33.4 Å². The second kappa shape index (κ2) is 13.1. The maximum atomic E-state index is 13.8. The van der Waals surface area contributed by atoms with Crippen LogP contribution in [0, 0.1) is 12.7 Å². The molecule has 2 aromatic carbocycles. The number of nitrogens with one attached hydrogen (secondary N) is 2. The van der Waals surface area contributed by atoms with Gasteiger partial charge in [-0.3, -0.25) is 0 Å². The van der Waals surface area contributed by atoms with Crippen molar-refractivity contribution in [3.05, 3.63) is 70.5 Å². The summed E-state index contributed by atoms with van der Waals surface area (Å²) in [6.07, 6.45) is 1.17. The van der Waals surface area contributed by atoms with Gasteiger partial charge in [0, 0.05) is 19.3 Å². The molecule has 0 aromatic heterocycles. The lowest BCUT2D eigenvalue weighted by molar-refractivity contribution is 0.298. The van der Waals surface area contributed by atoms with Crippen LogP contribution in [0.15, 0.2) is 47.5 Å². The van der Waals surface area contributed by atoms with Gasteiger partial charge in [-0.05, 0) is 56.8 Å². The van der Waals surface area contributed by atoms with E-state index in [1.165, 1.54) is 35.6 Å². The molecule has 9 heteroatoms. The first-order valence-corrected chi connectivity index (χ1v) is 12.3. The zero-order chi connectivity index (χ0) is 23.0. The molecule has 1 atom stereocenters. The van der Waals surface area contributed by atoms with Crippen molar-refractivity contribution in [2.24, 2.45) is 4.99 Å². The first-order chi connectivity index (χ1) is 14.6. The minimum Gasteiger partial charge on any atom is -0.357 e. The van der Waals surface area contributed by atoms with Crippen molar-refractivity contribution in [1.29, 1.82) is 0 Å². The summed E-state index contributed by atoms with van der Waals surface area (Å²) >= 11 is 0. The Balaban J connectivity index is 0.00000512. The van der Waals surface area contributed by atoms with Crippen LogP contribution in [0.5, 0.6) is 0 Å². The van der Waals surface area contributed by atoms with Gasteiger partial charge in [0.25, 0.3) is 0 Å². The molecule has 2 rings (SSSR count). The lowest BCUT2D eigenvalue weighted by Crippen LogP contribution is -2.41. The molecule has 178 valence electrons. The van der Waals surface area contributed by atoms with Gasteiger partial charge in [0.15, 0.2) is 15.8 Å². The number of hydrogen-bond acceptors (Lipinski definition) is 4. The fraction of sp³-hybridized carbons (Fsp3) is 0.435. The summed E-state index contributed by atoms with van der Waals surface area (Å²) in [6, 6.07) is 12.7. The van der Waals surface area contributed by atoms with Gasteiger partial charge in [0.1, 0.15) is 5.82 Å². The van der Waals surface area contributed by atoms with Crippen LogP contribution in [0.3, 0.4) is 0 Å². The van der Waals surface area contributed by atoms with E-state index in [4.69, 9.17) is 0 Å². The number of likely N-dealkylation sites (N-methyl/N-ethyl adjacent to an activating group) is 1. The van der Waals surface area contributed by atoms with Gasteiger partial charge in [0.2, 0.25) is 0 Å². The second-order valence-corrected chi connectivity index (χ2v) is 10.1. The van der Waals surface area contributed by atoms with E-state index in [0.29, 0.717) is 30.2 Å². The Morgan fingerprint density at radius 1 is 1.09 bits per heavy atom. The normalized spacial score (nSPS) is 12.9. The molecular formula is C23H34FIN4O2S. The number of halogens is 2. The van der Waals surface area contributed by atoms with Crippen molar-refractivity contribution in [2.45, 2.75) is 32.2 Å². The Kier molecular flexibility index (Phi) is 11.6. The summed E-state index contributed by atoms with van der Waals surface area (Å²) in [4.78, 5) is 6.71. The number of rotatable bonds is 9. The molecule has 0 amide bonds. The largest absolute Gasteiger partial charge is 0.357 e. The van der Waals surface area contributed by atoms with E-state index in [1.54, 1.807) is 0 Å². The Morgan fingerprint density at radius 3 is 2.31 bits per heavy atom. The lowest BCUT2D eigenvalue weighted by Gasteiger charge is -2.26. The summed E-state index contributed by atoms with van der Waals surface area (Å²) < 4.78 is 37.2. The van der Waals surface area contributed by atoms with E-state index in [-0.39, 0.29) is 42.3 Å². The van der Waals surface area contributed by atoms with Crippen LogP contribution in [0.1, 0.15) is 35.2 Å². The molecule has 32 heavy (non-hydrogen) atoms. The van der Waals surface area contributed by atoms with E-state index in [0.717, 1.165) is 0 Å². The maximum Gasteiger partial charge on any atom is 0.191 e. The highest BCUT2D eigenvalue weighted by Gasteiger charge is 2.15. The van der Waals surface area contributed by atoms with Crippen LogP contribution < -0.4 is 10.6 Å². The quantitative estimate of drug-likeness (QED) is 0.271. The van der Waals surface area contributed by atoms with Crippen molar-refractivity contribution in [3.8, 4) is 0 Å². The van der Waals surface area contributed by atoms with Gasteiger partial charge >= 0.3 is 0 Å². The van der Waals surface area contributed by atoms with E-state index < -0.39 is 15.7 Å². The van der Waals surface area contributed by atoms with Crippen LogP contribution in [0.25, 0.3) is 0 Å². The third kappa shape index (κ3) is 9.41. The molecule has 0 heterocycles. The highest BCUT2D eigenvalue weighted by molar-refractivity contribution is 14.0. The Labute approximate surface area is 208 Å². The predicted molar refractivity (Wildman–Crippen MR) is 141 cm³/mol. The fourth-order valence-corrected chi connectivity index (χ4v) is 4.10. The van der Waals surface area contributed by atoms with Gasteiger partial charge in [0.05, 0.1) is 18.3 Å². The first kappa shape index (κ1) is 28.3. The Bertz CT molecular complexity index is 996. The molecule has 0 fully saturated rings. The summed E-state index contributed by atoms with van der Waals surface area (Å²) in [6.45, 7) is 5.50. The lowest BCUT2D eigenvalue weighted by atomic mass is 10.0. The monoisotopic (exact) mass is 576 g/mol. The van der Waals surface area contributed by atoms with Gasteiger partial charge in [-0.2, -0.15) is 0 Å². The molecule has 0 aliphatic rings. The SMILES string of the molecule is CCNC(=NCc1cc(F)ccc1CS(C)(=O)=O)NCC(c1ccc(C)cc1)N(C)C.I. The van der Waals surface area contributed by atoms with E-state index in [1.807, 2.05) is 21.0 Å². The van der Waals surface area contributed by atoms with Crippen LogP contribution in [-0.2, 0) is 22.1 Å². The third-order valence-electron chi connectivity index (χ3n) is 4.89. The standard InChI is InChI=1S/C23H33FN4O2S.HI/c1-6-25-23(27-15-22(28(3)4)18-9-7-17(2)8-10-18)26-14-20-13-21(24)12-11-19(20)16-31(5,29)30;/h7-13,22H,6,14-16H2,1-5H3,(H2,25,26,27);1H. The molecule has 1 unspecified atom stereocenters. The zero-order valence-electron chi connectivity index (χ0n) is 19.4. The van der Waals surface area contributed by atoms with Crippen LogP contribution >= 0.6 is 24.0 Å². The molecule has 2 N–H and O–H groups in total. The Morgan fingerprint density at radius 2 is 1.75 bits per heavy atom. The van der Waals surface area contributed by atoms with Crippen molar-refractivity contribution < 1.29 is 12.8 Å². The van der Waals surface area contributed by atoms with E-state index in [2.05, 4.69) is 51.7 Å². The summed E-state index contributed by atoms with van der Waals surface area (Å²) in [7, 11) is 0.823. The molecule has 2 aromatic rings. The number of hydrogen-bond donors (Lipinski definition) is 2. The molecule has 0 aliphatic carbocycles. The molecule has 0 bridgehead atoms. The zero-order valence-corrected chi connectivity index (χ0v) is 22.5. The van der Waals surface area contributed by atoms with Gasteiger partial charge in [-0.25, -0.2) is 17.8 Å². The number of nitrogens with zero attached hydrogens (tertiary/aromatic N) is 2. The fourth-order valence-electron chi connectivity index (χ4n) is 3.25. The molecule has 0 aliphatic heterocycles.